The molecule has 1 aromatic heterocycles. The molecular weight excluding hydrogens is 520 g/mol. The van der Waals surface area contributed by atoms with E-state index in [0.717, 1.165) is 5.92 Å². The molecule has 0 saturated carbocycles. The first-order chi connectivity index (χ1) is 21.3. The van der Waals surface area contributed by atoms with Gasteiger partial charge >= 0.3 is 0 Å². The number of imidazole rings is 1. The molecule has 254 valence electrons. The van der Waals surface area contributed by atoms with Crippen LogP contribution >= 0.6 is 0 Å². The second-order valence-corrected chi connectivity index (χ2v) is 14.5. The predicted octanol–water partition coefficient (Wildman–Crippen LogP) is 13.8. The van der Waals surface area contributed by atoms with Crippen LogP contribution in [0.1, 0.15) is 226 Å². The van der Waals surface area contributed by atoms with Crippen molar-refractivity contribution in [3.05, 3.63) is 18.7 Å². The summed E-state index contributed by atoms with van der Waals surface area (Å²) < 4.78 is 4.63. The summed E-state index contributed by atoms with van der Waals surface area (Å²) in [4.78, 5) is 0. The number of aryl methyl sites for hydroxylation is 1. The fourth-order valence-corrected chi connectivity index (χ4v) is 7.02. The van der Waals surface area contributed by atoms with E-state index in [1.807, 2.05) is 0 Å². The summed E-state index contributed by atoms with van der Waals surface area (Å²) in [6.07, 6.45) is 54.9. The molecule has 1 rings (SSSR count). The van der Waals surface area contributed by atoms with Gasteiger partial charge in [0.2, 0.25) is 6.33 Å². The van der Waals surface area contributed by atoms with E-state index in [9.17, 15) is 0 Å². The van der Waals surface area contributed by atoms with Crippen molar-refractivity contribution in [1.82, 2.24) is 4.57 Å². The van der Waals surface area contributed by atoms with E-state index in [0.29, 0.717) is 0 Å². The molecular formula is C41H81N2+. The lowest BCUT2D eigenvalue weighted by Crippen LogP contribution is -2.24. The van der Waals surface area contributed by atoms with E-state index in [4.69, 9.17) is 0 Å². The highest BCUT2D eigenvalue weighted by Crippen LogP contribution is 2.22. The number of hydrogen-bond acceptors (Lipinski definition) is 0. The Morgan fingerprint density at radius 3 is 0.953 bits per heavy atom. The van der Waals surface area contributed by atoms with Crippen molar-refractivity contribution in [2.45, 2.75) is 232 Å². The number of unbranched alkanes of at least 4 members (excludes halogenated alkanes) is 29. The second-order valence-electron chi connectivity index (χ2n) is 14.5. The minimum atomic E-state index is 0.862. The lowest BCUT2D eigenvalue weighted by atomic mass is 9.93. The van der Waals surface area contributed by atoms with Gasteiger partial charge in [0.15, 0.2) is 0 Å². The van der Waals surface area contributed by atoms with Crippen molar-refractivity contribution in [3.8, 4) is 0 Å². The van der Waals surface area contributed by atoms with Crippen molar-refractivity contribution in [1.29, 1.82) is 0 Å². The van der Waals surface area contributed by atoms with E-state index >= 15 is 0 Å². The van der Waals surface area contributed by atoms with Gasteiger partial charge < -0.3 is 0 Å². The Hall–Kier alpha value is -0.790. The molecule has 0 saturated heterocycles. The molecule has 0 aromatic carbocycles. The van der Waals surface area contributed by atoms with Gasteiger partial charge in [0.25, 0.3) is 0 Å². The first kappa shape index (κ1) is 40.2. The van der Waals surface area contributed by atoms with Crippen LogP contribution in [0.5, 0.6) is 0 Å². The van der Waals surface area contributed by atoms with Crippen molar-refractivity contribution in [2.75, 3.05) is 0 Å². The second kappa shape index (κ2) is 32.6. The zero-order valence-electron chi connectivity index (χ0n) is 30.2. The maximum Gasteiger partial charge on any atom is 0.243 e. The molecule has 43 heavy (non-hydrogen) atoms. The summed E-state index contributed by atoms with van der Waals surface area (Å²) in [5, 5.41) is 0. The van der Waals surface area contributed by atoms with Gasteiger partial charge in [-0.25, -0.2) is 9.13 Å². The quantitative estimate of drug-likeness (QED) is 0.0540. The fraction of sp³-hybridized carbons (Fsp3) is 0.927. The highest BCUT2D eigenvalue weighted by Gasteiger charge is 2.13. The van der Waals surface area contributed by atoms with Crippen LogP contribution in [0.3, 0.4) is 0 Å². The van der Waals surface area contributed by atoms with Crippen molar-refractivity contribution < 1.29 is 4.57 Å². The Bertz CT molecular complexity index is 650. The molecule has 1 heterocycles. The molecule has 0 amide bonds. The van der Waals surface area contributed by atoms with E-state index in [2.05, 4.69) is 48.8 Å². The van der Waals surface area contributed by atoms with E-state index in [-0.39, 0.29) is 0 Å². The molecule has 1 aromatic rings. The van der Waals surface area contributed by atoms with Crippen LogP contribution in [0.15, 0.2) is 18.7 Å². The molecule has 2 heteroatoms. The van der Waals surface area contributed by atoms with Crippen LogP contribution in [0, 0.1) is 5.92 Å². The van der Waals surface area contributed by atoms with Crippen LogP contribution in [0.25, 0.3) is 0 Å². The van der Waals surface area contributed by atoms with Crippen molar-refractivity contribution >= 4 is 0 Å². The Morgan fingerprint density at radius 2 is 0.698 bits per heavy atom. The molecule has 0 aliphatic rings. The van der Waals surface area contributed by atoms with Gasteiger partial charge in [-0.05, 0) is 18.8 Å². The molecule has 0 N–H and O–H groups in total. The van der Waals surface area contributed by atoms with Gasteiger partial charge in [-0.2, -0.15) is 0 Å². The van der Waals surface area contributed by atoms with Crippen molar-refractivity contribution in [2.24, 2.45) is 13.0 Å². The summed E-state index contributed by atoms with van der Waals surface area (Å²) in [5.41, 5.74) is 0. The monoisotopic (exact) mass is 602 g/mol. The third-order valence-corrected chi connectivity index (χ3v) is 9.97. The van der Waals surface area contributed by atoms with E-state index in [1.165, 1.54) is 218 Å². The minimum absolute atomic E-state index is 0.862. The van der Waals surface area contributed by atoms with Gasteiger partial charge in [-0.15, -0.1) is 0 Å². The summed E-state index contributed by atoms with van der Waals surface area (Å²) in [5.74, 6) is 0.862. The number of rotatable bonds is 35. The van der Waals surface area contributed by atoms with E-state index in [1.54, 1.807) is 0 Å². The third-order valence-electron chi connectivity index (χ3n) is 9.97. The number of nitrogens with zero attached hydrogens (tertiary/aromatic N) is 2. The molecule has 0 bridgehead atoms. The largest absolute Gasteiger partial charge is 0.243 e. The van der Waals surface area contributed by atoms with Crippen molar-refractivity contribution in [3.63, 3.8) is 0 Å². The van der Waals surface area contributed by atoms with Gasteiger partial charge in [0, 0.05) is 0 Å². The Balaban J connectivity index is 1.99. The SMILES string of the molecule is CCCCCCCCCCCCCCCCCCC(CCCCCCCCCCCCCCCCC)Cn1cc[n+](C)c1. The highest BCUT2D eigenvalue weighted by molar-refractivity contribution is 4.70. The third kappa shape index (κ3) is 28.4. The average molecular weight is 602 g/mol. The molecule has 2 nitrogen and oxygen atoms in total. The maximum absolute atomic E-state index is 2.43. The molecule has 0 aliphatic heterocycles. The van der Waals surface area contributed by atoms with E-state index < -0.39 is 0 Å². The van der Waals surface area contributed by atoms with Crippen LogP contribution in [0.4, 0.5) is 0 Å². The molecule has 1 atom stereocenters. The van der Waals surface area contributed by atoms with Gasteiger partial charge in [-0.3, -0.25) is 0 Å². The lowest BCUT2D eigenvalue weighted by Gasteiger charge is -2.15. The number of hydrogen-bond donors (Lipinski definition) is 0. The molecule has 0 aliphatic carbocycles. The summed E-state index contributed by atoms with van der Waals surface area (Å²) in [6.45, 7) is 5.84. The Kier molecular flexibility index (Phi) is 30.5. The summed E-state index contributed by atoms with van der Waals surface area (Å²) >= 11 is 0. The van der Waals surface area contributed by atoms with Crippen LogP contribution in [-0.2, 0) is 13.6 Å². The van der Waals surface area contributed by atoms with Crippen LogP contribution in [0.2, 0.25) is 0 Å². The van der Waals surface area contributed by atoms with Gasteiger partial charge in [0.05, 0.1) is 13.6 Å². The average Bonchev–Trinajstić information content (AvgIpc) is 3.42. The zero-order valence-corrected chi connectivity index (χ0v) is 30.2. The summed E-state index contributed by atoms with van der Waals surface area (Å²) in [7, 11) is 2.15. The molecule has 1 unspecified atom stereocenters. The number of aromatic nitrogens is 2. The fourth-order valence-electron chi connectivity index (χ4n) is 7.02. The predicted molar refractivity (Wildman–Crippen MR) is 193 cm³/mol. The minimum Gasteiger partial charge on any atom is -0.240 e. The summed E-state index contributed by atoms with van der Waals surface area (Å²) in [6, 6.07) is 0. The maximum atomic E-state index is 2.43. The first-order valence-electron chi connectivity index (χ1n) is 20.3. The first-order valence-corrected chi connectivity index (χ1v) is 20.3. The topological polar surface area (TPSA) is 8.81 Å². The standard InChI is InChI=1S/C41H81N2/c1-4-6-8-10-12-14-16-18-20-22-24-26-28-30-32-34-36-41(39-43-38-37-42(3)40-43)35-33-31-29-27-25-23-21-19-17-15-13-11-9-7-5-2/h37-38,40-41H,4-36,39H2,1-3H3/q+1. The lowest BCUT2D eigenvalue weighted by molar-refractivity contribution is -0.671. The van der Waals surface area contributed by atoms with Crippen LogP contribution < -0.4 is 4.57 Å². The normalized spacial score (nSPS) is 12.3. The highest BCUT2D eigenvalue weighted by atomic mass is 15.1. The Labute approximate surface area is 272 Å². The molecule has 0 fully saturated rings. The molecule has 0 spiro atoms. The Morgan fingerprint density at radius 1 is 0.419 bits per heavy atom. The van der Waals surface area contributed by atoms with Gasteiger partial charge in [-0.1, -0.05) is 213 Å². The molecule has 0 radical (unpaired) electrons. The smallest absolute Gasteiger partial charge is 0.240 e. The zero-order chi connectivity index (χ0) is 30.9. The van der Waals surface area contributed by atoms with Gasteiger partial charge in [0.1, 0.15) is 12.4 Å². The van der Waals surface area contributed by atoms with Crippen LogP contribution in [-0.4, -0.2) is 4.57 Å².